The van der Waals surface area contributed by atoms with Crippen LogP contribution in [0.15, 0.2) is 18.2 Å². The van der Waals surface area contributed by atoms with E-state index in [0.717, 1.165) is 5.56 Å². The van der Waals surface area contributed by atoms with E-state index in [4.69, 9.17) is 4.74 Å². The molecular weight excluding hydrogens is 382 g/mol. The molecule has 0 radical (unpaired) electrons. The highest BCUT2D eigenvalue weighted by Gasteiger charge is 2.30. The highest BCUT2D eigenvalue weighted by molar-refractivity contribution is 7.92. The molecule has 1 N–H and O–H groups in total. The third-order valence-electron chi connectivity index (χ3n) is 5.34. The van der Waals surface area contributed by atoms with E-state index < -0.39 is 10.0 Å². The number of anilines is 1. The van der Waals surface area contributed by atoms with Crippen LogP contribution in [-0.2, 0) is 26.0 Å². The average molecular weight is 410 g/mol. The summed E-state index contributed by atoms with van der Waals surface area (Å²) in [6.45, 7) is 2.46. The molecule has 2 aliphatic heterocycles. The lowest BCUT2D eigenvalue weighted by atomic mass is 9.95. The van der Waals surface area contributed by atoms with E-state index in [9.17, 15) is 18.0 Å². The molecule has 0 bridgehead atoms. The second-order valence-corrected chi connectivity index (χ2v) is 9.19. The fourth-order valence-corrected chi connectivity index (χ4v) is 4.76. The number of nitrogens with one attached hydrogen (secondary N) is 1. The lowest BCUT2D eigenvalue weighted by molar-refractivity contribution is -0.126. The number of likely N-dealkylation sites (tertiary alicyclic amines) is 1. The van der Waals surface area contributed by atoms with Gasteiger partial charge in [0, 0.05) is 44.8 Å². The molecule has 28 heavy (non-hydrogen) atoms. The second-order valence-electron chi connectivity index (χ2n) is 7.28. The van der Waals surface area contributed by atoms with Crippen LogP contribution in [0.25, 0.3) is 0 Å². The number of carbonyl (C=O) groups is 2. The summed E-state index contributed by atoms with van der Waals surface area (Å²) in [6, 6.07) is 5.20. The molecule has 0 unspecified atom stereocenters. The summed E-state index contributed by atoms with van der Waals surface area (Å²) in [7, 11) is -1.71. The number of carbonyl (C=O) groups excluding carboxylic acids is 2. The Bertz CT molecular complexity index is 847. The first-order valence-electron chi connectivity index (χ1n) is 9.48. The number of rotatable bonds is 6. The topological polar surface area (TPSA) is 96.0 Å². The molecule has 2 heterocycles. The number of methoxy groups -OCH3 is 1. The van der Waals surface area contributed by atoms with E-state index in [1.807, 2.05) is 0 Å². The smallest absolute Gasteiger partial charge is 0.253 e. The molecule has 1 saturated heterocycles. The van der Waals surface area contributed by atoms with Gasteiger partial charge in [0.05, 0.1) is 18.6 Å². The summed E-state index contributed by atoms with van der Waals surface area (Å²) < 4.78 is 30.0. The molecule has 0 atom stereocenters. The minimum Gasteiger partial charge on any atom is -0.383 e. The molecule has 0 aromatic heterocycles. The number of amides is 2. The Labute approximate surface area is 165 Å². The number of hydrogen-bond donors (Lipinski definition) is 1. The van der Waals surface area contributed by atoms with Gasteiger partial charge in [-0.15, -0.1) is 0 Å². The van der Waals surface area contributed by atoms with Crippen molar-refractivity contribution in [1.82, 2.24) is 10.2 Å². The molecule has 2 amide bonds. The maximum absolute atomic E-state index is 12.8. The molecule has 0 saturated carbocycles. The minimum absolute atomic E-state index is 0.0162. The SMILES string of the molecule is COCCNC(=O)C1CCN(C(=O)c2ccc3c(c2)CCN3S(C)(=O)=O)CC1. The molecule has 154 valence electrons. The Morgan fingerprint density at radius 3 is 2.57 bits per heavy atom. The lowest BCUT2D eigenvalue weighted by Gasteiger charge is -2.31. The second kappa shape index (κ2) is 8.48. The fraction of sp³-hybridized carbons (Fsp3) is 0.579. The standard InChI is InChI=1S/C19H27N3O5S/c1-27-12-8-20-18(23)14-5-9-21(10-6-14)19(24)16-3-4-17-15(13-16)7-11-22(17)28(2,25)26/h3-4,13-14H,5-12H2,1-2H3,(H,20,23). The van der Waals surface area contributed by atoms with Gasteiger partial charge in [0.2, 0.25) is 15.9 Å². The number of benzene rings is 1. The van der Waals surface area contributed by atoms with Crippen molar-refractivity contribution in [3.63, 3.8) is 0 Å². The van der Waals surface area contributed by atoms with E-state index in [2.05, 4.69) is 5.32 Å². The van der Waals surface area contributed by atoms with Crippen LogP contribution in [0.5, 0.6) is 0 Å². The first-order valence-corrected chi connectivity index (χ1v) is 11.3. The van der Waals surface area contributed by atoms with Crippen LogP contribution in [0, 0.1) is 5.92 Å². The number of ether oxygens (including phenoxy) is 1. The summed E-state index contributed by atoms with van der Waals surface area (Å²) in [6.07, 6.45) is 3.07. The van der Waals surface area contributed by atoms with Crippen molar-refractivity contribution in [2.45, 2.75) is 19.3 Å². The summed E-state index contributed by atoms with van der Waals surface area (Å²) >= 11 is 0. The molecule has 9 heteroatoms. The van der Waals surface area contributed by atoms with Gasteiger partial charge in [0.1, 0.15) is 0 Å². The van der Waals surface area contributed by atoms with E-state index >= 15 is 0 Å². The van der Waals surface area contributed by atoms with Crippen LogP contribution in [0.3, 0.4) is 0 Å². The zero-order chi connectivity index (χ0) is 20.3. The van der Waals surface area contributed by atoms with Gasteiger partial charge in [0.15, 0.2) is 0 Å². The van der Waals surface area contributed by atoms with Gasteiger partial charge in [-0.1, -0.05) is 0 Å². The van der Waals surface area contributed by atoms with Crippen molar-refractivity contribution in [2.75, 3.05) is 50.5 Å². The predicted molar refractivity (Wildman–Crippen MR) is 106 cm³/mol. The Hall–Kier alpha value is -2.13. The van der Waals surface area contributed by atoms with Crippen LogP contribution in [0.1, 0.15) is 28.8 Å². The van der Waals surface area contributed by atoms with Crippen LogP contribution in [-0.4, -0.2) is 71.3 Å². The van der Waals surface area contributed by atoms with Crippen LogP contribution < -0.4 is 9.62 Å². The number of piperidine rings is 1. The average Bonchev–Trinajstić information content (AvgIpc) is 3.11. The number of hydrogen-bond acceptors (Lipinski definition) is 5. The molecular formula is C19H27N3O5S. The summed E-state index contributed by atoms with van der Waals surface area (Å²) in [4.78, 5) is 26.7. The minimum atomic E-state index is -3.30. The van der Waals surface area contributed by atoms with Gasteiger partial charge in [-0.2, -0.15) is 0 Å². The maximum Gasteiger partial charge on any atom is 0.253 e. The summed E-state index contributed by atoms with van der Waals surface area (Å²) in [5, 5.41) is 2.85. The zero-order valence-corrected chi connectivity index (χ0v) is 17.1. The molecule has 8 nitrogen and oxygen atoms in total. The van der Waals surface area contributed by atoms with Crippen LogP contribution in [0.4, 0.5) is 5.69 Å². The van der Waals surface area contributed by atoms with Crippen LogP contribution in [0.2, 0.25) is 0 Å². The first-order chi connectivity index (χ1) is 13.3. The Morgan fingerprint density at radius 2 is 1.93 bits per heavy atom. The third kappa shape index (κ3) is 4.47. The monoisotopic (exact) mass is 409 g/mol. The summed E-state index contributed by atoms with van der Waals surface area (Å²) in [5.74, 6) is -0.134. The number of sulfonamides is 1. The first kappa shape index (κ1) is 20.6. The van der Waals surface area contributed by atoms with Crippen molar-refractivity contribution in [3.8, 4) is 0 Å². The molecule has 2 aliphatic rings. The molecule has 1 aromatic rings. The van der Waals surface area contributed by atoms with Crippen molar-refractivity contribution >= 4 is 27.5 Å². The maximum atomic E-state index is 12.8. The van der Waals surface area contributed by atoms with E-state index in [0.29, 0.717) is 63.3 Å². The van der Waals surface area contributed by atoms with E-state index in [-0.39, 0.29) is 17.7 Å². The van der Waals surface area contributed by atoms with Gasteiger partial charge >= 0.3 is 0 Å². The highest BCUT2D eigenvalue weighted by atomic mass is 32.2. The lowest BCUT2D eigenvalue weighted by Crippen LogP contribution is -2.43. The quantitative estimate of drug-likeness (QED) is 0.695. The molecule has 1 fully saturated rings. The Kier molecular flexibility index (Phi) is 6.24. The molecule has 0 aliphatic carbocycles. The summed E-state index contributed by atoms with van der Waals surface area (Å²) in [5.41, 5.74) is 2.10. The Morgan fingerprint density at radius 1 is 1.21 bits per heavy atom. The normalized spacial score (nSPS) is 17.5. The van der Waals surface area contributed by atoms with Crippen LogP contribution >= 0.6 is 0 Å². The van der Waals surface area contributed by atoms with Gasteiger partial charge < -0.3 is 15.0 Å². The Balaban J connectivity index is 1.60. The molecule has 0 spiro atoms. The highest BCUT2D eigenvalue weighted by Crippen LogP contribution is 2.31. The largest absolute Gasteiger partial charge is 0.383 e. The molecule has 3 rings (SSSR count). The zero-order valence-electron chi connectivity index (χ0n) is 16.3. The third-order valence-corrected chi connectivity index (χ3v) is 6.52. The predicted octanol–water partition coefficient (Wildman–Crippen LogP) is 0.624. The van der Waals surface area contributed by atoms with Gasteiger partial charge in [-0.3, -0.25) is 13.9 Å². The van der Waals surface area contributed by atoms with E-state index in [1.54, 1.807) is 30.2 Å². The van der Waals surface area contributed by atoms with E-state index in [1.165, 1.54) is 10.6 Å². The fourth-order valence-electron chi connectivity index (χ4n) is 3.80. The van der Waals surface area contributed by atoms with Gasteiger partial charge in [0.25, 0.3) is 5.91 Å². The van der Waals surface area contributed by atoms with Crippen molar-refractivity contribution in [1.29, 1.82) is 0 Å². The van der Waals surface area contributed by atoms with Crippen molar-refractivity contribution < 1.29 is 22.7 Å². The molecule has 1 aromatic carbocycles. The van der Waals surface area contributed by atoms with Gasteiger partial charge in [-0.05, 0) is 43.0 Å². The number of fused-ring (bicyclic) bond motifs is 1. The van der Waals surface area contributed by atoms with Crippen molar-refractivity contribution in [3.05, 3.63) is 29.3 Å². The number of nitrogens with zero attached hydrogens (tertiary/aromatic N) is 2. The van der Waals surface area contributed by atoms with Crippen molar-refractivity contribution in [2.24, 2.45) is 5.92 Å². The van der Waals surface area contributed by atoms with Gasteiger partial charge in [-0.25, -0.2) is 8.42 Å².